The molecule has 35 heavy (non-hydrogen) atoms. The van der Waals surface area contributed by atoms with Crippen molar-refractivity contribution in [1.29, 1.82) is 0 Å². The maximum atomic E-state index is 13.3. The van der Waals surface area contributed by atoms with Crippen LogP contribution in [-0.4, -0.2) is 41.8 Å². The van der Waals surface area contributed by atoms with E-state index in [-0.39, 0.29) is 18.4 Å². The molecule has 1 saturated heterocycles. The van der Waals surface area contributed by atoms with Gasteiger partial charge < -0.3 is 4.74 Å². The van der Waals surface area contributed by atoms with Crippen LogP contribution >= 0.6 is 0 Å². The number of benzene rings is 3. The Kier molecular flexibility index (Phi) is 7.21. The maximum Gasteiger partial charge on any atom is 0.269 e. The molecule has 3 aromatic rings. The quantitative estimate of drug-likeness (QED) is 0.422. The van der Waals surface area contributed by atoms with Gasteiger partial charge in [-0.2, -0.15) is 0 Å². The van der Waals surface area contributed by atoms with Crippen molar-refractivity contribution in [2.24, 2.45) is 0 Å². The van der Waals surface area contributed by atoms with Gasteiger partial charge >= 0.3 is 0 Å². The number of hydrogen-bond donors (Lipinski definition) is 1. The molecule has 178 valence electrons. The molecule has 0 bridgehead atoms. The number of carbonyl (C=O) groups is 4. The van der Waals surface area contributed by atoms with Gasteiger partial charge in [-0.05, 0) is 48.4 Å². The summed E-state index contributed by atoms with van der Waals surface area (Å²) in [5.41, 5.74) is 4.22. The molecule has 0 radical (unpaired) electrons. The number of para-hydroxylation sites is 1. The standard InChI is InChI=1S/C27H25N3O5/c1-35-22-15-13-20(14-16-22)26(33)28-30(24(31)17-12-19-8-4-2-5-9-19)23-18-25(32)29(27(23)34)21-10-6-3-7-11-21/h2-11,13-16,23H,12,17-18H2,1H3,(H,28,33). The maximum absolute atomic E-state index is 13.3. The van der Waals surface area contributed by atoms with Crippen LogP contribution in [0, 0.1) is 0 Å². The van der Waals surface area contributed by atoms with E-state index in [0.29, 0.717) is 17.9 Å². The fourth-order valence-corrected chi connectivity index (χ4v) is 3.91. The SMILES string of the molecule is COc1ccc(C(=O)NN(C(=O)CCc2ccccc2)C2CC(=O)N(c3ccccc3)C2=O)cc1. The van der Waals surface area contributed by atoms with Crippen LogP contribution < -0.4 is 15.1 Å². The Morgan fingerprint density at radius 1 is 0.943 bits per heavy atom. The van der Waals surface area contributed by atoms with Crippen molar-refractivity contribution in [3.8, 4) is 5.75 Å². The van der Waals surface area contributed by atoms with Crippen LogP contribution in [0.2, 0.25) is 0 Å². The van der Waals surface area contributed by atoms with Gasteiger partial charge in [0.25, 0.3) is 11.8 Å². The smallest absolute Gasteiger partial charge is 0.269 e. The second-order valence-electron chi connectivity index (χ2n) is 8.04. The van der Waals surface area contributed by atoms with Crippen LogP contribution in [0.5, 0.6) is 5.75 Å². The largest absolute Gasteiger partial charge is 0.497 e. The minimum absolute atomic E-state index is 0.0518. The number of methoxy groups -OCH3 is 1. The van der Waals surface area contributed by atoms with Crippen LogP contribution in [0.25, 0.3) is 0 Å². The number of hydrazine groups is 1. The summed E-state index contributed by atoms with van der Waals surface area (Å²) in [5, 5.41) is 1.01. The summed E-state index contributed by atoms with van der Waals surface area (Å²) < 4.78 is 5.12. The van der Waals surface area contributed by atoms with E-state index in [9.17, 15) is 19.2 Å². The predicted octanol–water partition coefficient (Wildman–Crippen LogP) is 3.13. The Balaban J connectivity index is 1.57. The summed E-state index contributed by atoms with van der Waals surface area (Å²) >= 11 is 0. The van der Waals surface area contributed by atoms with E-state index < -0.39 is 29.7 Å². The lowest BCUT2D eigenvalue weighted by Gasteiger charge is -2.28. The molecule has 0 aliphatic carbocycles. The predicted molar refractivity (Wildman–Crippen MR) is 129 cm³/mol. The first-order chi connectivity index (χ1) is 17.0. The number of nitrogens with one attached hydrogen (secondary N) is 1. The van der Waals surface area contributed by atoms with Crippen molar-refractivity contribution >= 4 is 29.3 Å². The van der Waals surface area contributed by atoms with E-state index in [1.165, 1.54) is 7.11 Å². The van der Waals surface area contributed by atoms with Gasteiger partial charge in [-0.15, -0.1) is 0 Å². The second kappa shape index (κ2) is 10.6. The zero-order valence-corrected chi connectivity index (χ0v) is 19.2. The van der Waals surface area contributed by atoms with Crippen LogP contribution in [0.15, 0.2) is 84.9 Å². The van der Waals surface area contributed by atoms with Gasteiger partial charge in [0, 0.05) is 12.0 Å². The van der Waals surface area contributed by atoms with Gasteiger partial charge in [0.15, 0.2) is 0 Å². The van der Waals surface area contributed by atoms with Crippen molar-refractivity contribution < 1.29 is 23.9 Å². The number of nitrogens with zero attached hydrogens (tertiary/aromatic N) is 2. The molecule has 1 aliphatic heterocycles. The molecular weight excluding hydrogens is 446 g/mol. The number of hydrogen-bond acceptors (Lipinski definition) is 5. The van der Waals surface area contributed by atoms with Crippen molar-refractivity contribution in [2.75, 3.05) is 12.0 Å². The van der Waals surface area contributed by atoms with Crippen LogP contribution in [0.1, 0.15) is 28.8 Å². The summed E-state index contributed by atoms with van der Waals surface area (Å²) in [6.07, 6.45) is 0.246. The monoisotopic (exact) mass is 471 g/mol. The third kappa shape index (κ3) is 5.38. The number of aryl methyl sites for hydroxylation is 1. The van der Waals surface area contributed by atoms with E-state index in [0.717, 1.165) is 15.5 Å². The van der Waals surface area contributed by atoms with E-state index in [4.69, 9.17) is 4.74 Å². The van der Waals surface area contributed by atoms with Crippen molar-refractivity contribution in [1.82, 2.24) is 10.4 Å². The molecular formula is C27H25N3O5. The Morgan fingerprint density at radius 3 is 2.20 bits per heavy atom. The fourth-order valence-electron chi connectivity index (χ4n) is 3.91. The number of ether oxygens (including phenoxy) is 1. The first kappa shape index (κ1) is 23.7. The highest BCUT2D eigenvalue weighted by molar-refractivity contribution is 6.23. The Labute approximate surface area is 203 Å². The minimum Gasteiger partial charge on any atom is -0.497 e. The summed E-state index contributed by atoms with van der Waals surface area (Å²) in [4.78, 5) is 53.4. The van der Waals surface area contributed by atoms with Crippen LogP contribution in [0.3, 0.4) is 0 Å². The number of carbonyl (C=O) groups excluding carboxylic acids is 4. The highest BCUT2D eigenvalue weighted by atomic mass is 16.5. The number of rotatable bonds is 7. The Bertz CT molecular complexity index is 1210. The molecule has 0 spiro atoms. The molecule has 0 aromatic heterocycles. The highest BCUT2D eigenvalue weighted by Crippen LogP contribution is 2.25. The van der Waals surface area contributed by atoms with Gasteiger partial charge in [-0.25, -0.2) is 9.91 Å². The van der Waals surface area contributed by atoms with Crippen molar-refractivity contribution in [2.45, 2.75) is 25.3 Å². The average Bonchev–Trinajstić information content (AvgIpc) is 3.20. The van der Waals surface area contributed by atoms with Gasteiger partial charge in [0.05, 0.1) is 19.2 Å². The number of amides is 4. The fraction of sp³-hybridized carbons (Fsp3) is 0.185. The van der Waals surface area contributed by atoms with Gasteiger partial charge in [0.2, 0.25) is 11.8 Å². The molecule has 1 atom stereocenters. The summed E-state index contributed by atoms with van der Waals surface area (Å²) in [5.74, 6) is -1.46. The molecule has 1 unspecified atom stereocenters. The number of imide groups is 1. The third-order valence-electron chi connectivity index (χ3n) is 5.76. The molecule has 1 N–H and O–H groups in total. The van der Waals surface area contributed by atoms with Crippen LogP contribution in [-0.2, 0) is 20.8 Å². The molecule has 1 heterocycles. The third-order valence-corrected chi connectivity index (χ3v) is 5.76. The molecule has 8 heteroatoms. The lowest BCUT2D eigenvalue weighted by Crippen LogP contribution is -2.54. The molecule has 1 aliphatic rings. The van der Waals surface area contributed by atoms with E-state index in [1.54, 1.807) is 54.6 Å². The molecule has 1 fully saturated rings. The molecule has 4 rings (SSSR count). The molecule has 4 amide bonds. The van der Waals surface area contributed by atoms with Gasteiger partial charge in [0.1, 0.15) is 11.8 Å². The Morgan fingerprint density at radius 2 is 1.57 bits per heavy atom. The summed E-state index contributed by atoms with van der Waals surface area (Å²) in [6, 6.07) is 23.2. The lowest BCUT2D eigenvalue weighted by atomic mass is 10.1. The highest BCUT2D eigenvalue weighted by Gasteiger charge is 2.45. The van der Waals surface area contributed by atoms with Crippen molar-refractivity contribution in [3.63, 3.8) is 0 Å². The average molecular weight is 472 g/mol. The Hall–Kier alpha value is -4.46. The van der Waals surface area contributed by atoms with E-state index in [2.05, 4.69) is 5.43 Å². The van der Waals surface area contributed by atoms with Gasteiger partial charge in [-0.3, -0.25) is 24.6 Å². The second-order valence-corrected chi connectivity index (χ2v) is 8.04. The summed E-state index contributed by atoms with van der Waals surface area (Å²) in [6.45, 7) is 0. The molecule has 0 saturated carbocycles. The van der Waals surface area contributed by atoms with E-state index >= 15 is 0 Å². The minimum atomic E-state index is -1.15. The molecule has 8 nitrogen and oxygen atoms in total. The summed E-state index contributed by atoms with van der Waals surface area (Å²) in [7, 11) is 1.52. The molecule has 3 aromatic carbocycles. The zero-order valence-electron chi connectivity index (χ0n) is 19.2. The topological polar surface area (TPSA) is 96.0 Å². The van der Waals surface area contributed by atoms with Crippen LogP contribution in [0.4, 0.5) is 5.69 Å². The first-order valence-corrected chi connectivity index (χ1v) is 11.2. The first-order valence-electron chi connectivity index (χ1n) is 11.2. The number of anilines is 1. The van der Waals surface area contributed by atoms with Crippen molar-refractivity contribution in [3.05, 3.63) is 96.1 Å². The lowest BCUT2D eigenvalue weighted by molar-refractivity contribution is -0.141. The zero-order chi connectivity index (χ0) is 24.8. The van der Waals surface area contributed by atoms with E-state index in [1.807, 2.05) is 30.3 Å². The van der Waals surface area contributed by atoms with Gasteiger partial charge in [-0.1, -0.05) is 48.5 Å². The normalized spacial score (nSPS) is 15.1.